The summed E-state index contributed by atoms with van der Waals surface area (Å²) < 4.78 is 11.8. The van der Waals surface area contributed by atoms with E-state index in [0.29, 0.717) is 44.3 Å². The molecule has 2 saturated heterocycles. The second-order valence-electron chi connectivity index (χ2n) is 11.9. The molecular weight excluding hydrogens is 530 g/mol. The molecule has 0 spiro atoms. The molecule has 42 heavy (non-hydrogen) atoms. The minimum atomic E-state index is -0.219. The molecule has 6 rings (SSSR count). The maximum Gasteiger partial charge on any atom is 0.318 e. The molecule has 0 unspecified atom stereocenters. The molecule has 222 valence electrons. The second kappa shape index (κ2) is 12.2. The number of carbonyl (C=O) groups excluding carboxylic acids is 1. The van der Waals surface area contributed by atoms with Gasteiger partial charge in [-0.2, -0.15) is 15.2 Å². The molecule has 0 saturated carbocycles. The molecule has 1 aromatic heterocycles. The summed E-state index contributed by atoms with van der Waals surface area (Å²) in [5.41, 5.74) is 4.84. The number of hydrogen-bond donors (Lipinski definition) is 0. The van der Waals surface area contributed by atoms with Crippen molar-refractivity contribution in [2.24, 2.45) is 0 Å². The van der Waals surface area contributed by atoms with E-state index in [1.807, 2.05) is 6.07 Å². The van der Waals surface area contributed by atoms with Crippen LogP contribution in [0, 0.1) is 11.3 Å². The molecule has 3 aliphatic heterocycles. The van der Waals surface area contributed by atoms with Crippen LogP contribution in [0.2, 0.25) is 0 Å². The van der Waals surface area contributed by atoms with Crippen molar-refractivity contribution < 1.29 is 14.3 Å². The molecule has 2 fully saturated rings. The van der Waals surface area contributed by atoms with E-state index in [4.69, 9.17) is 19.4 Å². The van der Waals surface area contributed by atoms with Gasteiger partial charge in [-0.1, -0.05) is 12.6 Å². The third-order valence-electron chi connectivity index (χ3n) is 9.51. The Morgan fingerprint density at radius 3 is 2.81 bits per heavy atom. The van der Waals surface area contributed by atoms with Crippen LogP contribution in [0.25, 0.3) is 0 Å². The maximum atomic E-state index is 12.5. The highest BCUT2D eigenvalue weighted by molar-refractivity contribution is 5.87. The van der Waals surface area contributed by atoms with Gasteiger partial charge < -0.3 is 29.1 Å². The normalized spacial score (nSPS) is 23.7. The Balaban J connectivity index is 1.29. The van der Waals surface area contributed by atoms with Gasteiger partial charge in [-0.25, -0.2) is 0 Å². The quantitative estimate of drug-likeness (QED) is 0.443. The number of carbonyl (C=O) groups is 1. The number of nitriles is 1. The monoisotopic (exact) mass is 571 g/mol. The lowest BCUT2D eigenvalue weighted by molar-refractivity contribution is -0.128. The molecule has 2 aromatic rings. The highest BCUT2D eigenvalue weighted by Gasteiger charge is 2.36. The number of nitrogens with zero attached hydrogens (tertiary/aromatic N) is 7. The van der Waals surface area contributed by atoms with Gasteiger partial charge in [0.1, 0.15) is 18.2 Å². The summed E-state index contributed by atoms with van der Waals surface area (Å²) in [5.74, 6) is 1.65. The molecule has 1 aliphatic carbocycles. The van der Waals surface area contributed by atoms with Crippen LogP contribution >= 0.6 is 0 Å². The number of anilines is 2. The van der Waals surface area contributed by atoms with Crippen molar-refractivity contribution in [3.05, 3.63) is 47.7 Å². The van der Waals surface area contributed by atoms with Crippen LogP contribution in [0.4, 0.5) is 11.5 Å². The fraction of sp³-hybridized carbons (Fsp3) is 0.562. The molecule has 4 aliphatic rings. The third-order valence-corrected chi connectivity index (χ3v) is 9.51. The minimum Gasteiger partial charge on any atom is -0.497 e. The Bertz CT molecular complexity index is 1370. The van der Waals surface area contributed by atoms with Crippen molar-refractivity contribution in [2.75, 3.05) is 63.3 Å². The van der Waals surface area contributed by atoms with Gasteiger partial charge in [0, 0.05) is 62.0 Å². The summed E-state index contributed by atoms with van der Waals surface area (Å²) in [7, 11) is 3.86. The summed E-state index contributed by atoms with van der Waals surface area (Å²) in [6.07, 6.45) is 7.62. The Morgan fingerprint density at radius 2 is 2.05 bits per heavy atom. The fourth-order valence-corrected chi connectivity index (χ4v) is 7.13. The van der Waals surface area contributed by atoms with Crippen molar-refractivity contribution >= 4 is 17.4 Å². The number of piperazine rings is 1. The van der Waals surface area contributed by atoms with Crippen molar-refractivity contribution in [3.63, 3.8) is 0 Å². The standard InChI is InChI=1S/C32H41N7O3/c1-4-30(40)39-17-16-37(20-24(39)11-13-33)31-27-10-8-23(38-15-12-22-7-9-26(41-3)19-29(22)38)18-28(27)34-32(35-31)42-21-25-6-5-14-36(25)2/h4,7,9,19,23-25H,1,5-6,8,10-12,14-18,20-21H2,2-3H3/t23-,24-,25-/m0/s1. The molecule has 3 atom stereocenters. The Morgan fingerprint density at radius 1 is 1.17 bits per heavy atom. The molecule has 0 N–H and O–H groups in total. The lowest BCUT2D eigenvalue weighted by Gasteiger charge is -2.42. The van der Waals surface area contributed by atoms with E-state index in [0.717, 1.165) is 62.5 Å². The van der Waals surface area contributed by atoms with Crippen LogP contribution in [0.1, 0.15) is 42.5 Å². The number of likely N-dealkylation sites (tertiary alicyclic amines) is 1. The molecule has 1 aromatic carbocycles. The zero-order valence-electron chi connectivity index (χ0n) is 24.8. The van der Waals surface area contributed by atoms with E-state index in [1.54, 1.807) is 12.0 Å². The smallest absolute Gasteiger partial charge is 0.318 e. The minimum absolute atomic E-state index is 0.130. The second-order valence-corrected chi connectivity index (χ2v) is 11.9. The van der Waals surface area contributed by atoms with Crippen LogP contribution in [0.15, 0.2) is 30.9 Å². The first-order valence-electron chi connectivity index (χ1n) is 15.2. The van der Waals surface area contributed by atoms with Gasteiger partial charge in [0.25, 0.3) is 0 Å². The zero-order valence-corrected chi connectivity index (χ0v) is 24.8. The molecule has 10 heteroatoms. The van der Waals surface area contributed by atoms with Crippen molar-refractivity contribution in [3.8, 4) is 17.8 Å². The number of benzene rings is 1. The molecule has 4 heterocycles. The number of amides is 1. The van der Waals surface area contributed by atoms with Gasteiger partial charge >= 0.3 is 6.01 Å². The summed E-state index contributed by atoms with van der Waals surface area (Å²) in [5, 5.41) is 9.52. The highest BCUT2D eigenvalue weighted by Crippen LogP contribution is 2.38. The summed E-state index contributed by atoms with van der Waals surface area (Å²) in [6.45, 7) is 8.01. The maximum absolute atomic E-state index is 12.5. The van der Waals surface area contributed by atoms with E-state index >= 15 is 0 Å². The topological polar surface area (TPSA) is 98.1 Å². The van der Waals surface area contributed by atoms with Crippen LogP contribution in [-0.2, 0) is 24.1 Å². The number of fused-ring (bicyclic) bond motifs is 2. The Hall–Kier alpha value is -3.84. The molecule has 0 radical (unpaired) electrons. The highest BCUT2D eigenvalue weighted by atomic mass is 16.5. The van der Waals surface area contributed by atoms with E-state index in [1.165, 1.54) is 29.3 Å². The van der Waals surface area contributed by atoms with Crippen LogP contribution < -0.4 is 19.3 Å². The van der Waals surface area contributed by atoms with Crippen LogP contribution in [0.3, 0.4) is 0 Å². The molecule has 0 bridgehead atoms. The number of rotatable bonds is 8. The van der Waals surface area contributed by atoms with Crippen molar-refractivity contribution in [1.29, 1.82) is 5.26 Å². The molecular formula is C32H41N7O3. The fourth-order valence-electron chi connectivity index (χ4n) is 7.13. The van der Waals surface area contributed by atoms with E-state index < -0.39 is 0 Å². The van der Waals surface area contributed by atoms with E-state index in [9.17, 15) is 10.1 Å². The summed E-state index contributed by atoms with van der Waals surface area (Å²) >= 11 is 0. The number of methoxy groups -OCH3 is 1. The van der Waals surface area contributed by atoms with Crippen molar-refractivity contribution in [1.82, 2.24) is 19.8 Å². The van der Waals surface area contributed by atoms with E-state index in [-0.39, 0.29) is 18.4 Å². The first-order chi connectivity index (χ1) is 20.5. The zero-order chi connectivity index (χ0) is 29.2. The Kier molecular flexibility index (Phi) is 8.20. The van der Waals surface area contributed by atoms with Gasteiger partial charge in [-0.3, -0.25) is 4.79 Å². The van der Waals surface area contributed by atoms with Gasteiger partial charge in [0.15, 0.2) is 0 Å². The average molecular weight is 572 g/mol. The van der Waals surface area contributed by atoms with Gasteiger partial charge in [-0.15, -0.1) is 0 Å². The van der Waals surface area contributed by atoms with Gasteiger partial charge in [0.05, 0.1) is 31.3 Å². The largest absolute Gasteiger partial charge is 0.497 e. The predicted octanol–water partition coefficient (Wildman–Crippen LogP) is 3.00. The van der Waals surface area contributed by atoms with Gasteiger partial charge in [-0.05, 0) is 63.4 Å². The average Bonchev–Trinajstić information content (AvgIpc) is 3.64. The van der Waals surface area contributed by atoms with Crippen LogP contribution in [-0.4, -0.2) is 97.3 Å². The number of likely N-dealkylation sites (N-methyl/N-ethyl adjacent to an activating group) is 1. The number of aromatic nitrogens is 2. The van der Waals surface area contributed by atoms with Gasteiger partial charge in [0.2, 0.25) is 5.91 Å². The number of hydrogen-bond acceptors (Lipinski definition) is 9. The predicted molar refractivity (Wildman–Crippen MR) is 161 cm³/mol. The summed E-state index contributed by atoms with van der Waals surface area (Å²) in [6, 6.07) is 9.57. The number of ether oxygens (including phenoxy) is 2. The SMILES string of the molecule is C=CC(=O)N1CCN(c2nc(OC[C@@H]3CCCN3C)nc3c2CC[C@H](N2CCc4ccc(OC)cc42)C3)C[C@@H]1CC#N. The molecule has 10 nitrogen and oxygen atoms in total. The van der Waals surface area contributed by atoms with E-state index in [2.05, 4.69) is 46.5 Å². The lowest BCUT2D eigenvalue weighted by atomic mass is 9.90. The first kappa shape index (κ1) is 28.3. The van der Waals surface area contributed by atoms with Crippen LogP contribution in [0.5, 0.6) is 11.8 Å². The van der Waals surface area contributed by atoms with Crippen molar-refractivity contribution in [2.45, 2.75) is 63.1 Å². The first-order valence-corrected chi connectivity index (χ1v) is 15.2. The summed E-state index contributed by atoms with van der Waals surface area (Å²) in [4.78, 5) is 31.4. The lowest BCUT2D eigenvalue weighted by Crippen LogP contribution is -2.55. The Labute approximate surface area is 248 Å². The third kappa shape index (κ3) is 5.50. The molecule has 1 amide bonds.